The molecule has 0 radical (unpaired) electrons. The number of hydrogen-bond acceptors (Lipinski definition) is 3. The zero-order chi connectivity index (χ0) is 14.7. The zero-order valence-electron chi connectivity index (χ0n) is 10.6. The number of pyridine rings is 1. The summed E-state index contributed by atoms with van der Waals surface area (Å²) in [5.41, 5.74) is 1.98. The van der Waals surface area contributed by atoms with Crippen LogP contribution in [-0.2, 0) is 0 Å². The van der Waals surface area contributed by atoms with Gasteiger partial charge in [0.15, 0.2) is 0 Å². The highest BCUT2D eigenvalue weighted by molar-refractivity contribution is 9.10. The highest BCUT2D eigenvalue weighted by atomic mass is 79.9. The number of halogens is 1. The summed E-state index contributed by atoms with van der Waals surface area (Å²) in [6, 6.07) is 6.13. The van der Waals surface area contributed by atoms with Crippen LogP contribution in [0.1, 0.15) is 26.3 Å². The quantitative estimate of drug-likeness (QED) is 0.903. The van der Waals surface area contributed by atoms with Crippen LogP contribution < -0.4 is 5.32 Å². The normalized spacial score (nSPS) is 10.1. The van der Waals surface area contributed by atoms with Crippen molar-refractivity contribution >= 4 is 33.5 Å². The number of anilines is 1. The molecular formula is C14H11BrN2O3. The molecule has 0 atom stereocenters. The minimum absolute atomic E-state index is 0.145. The van der Waals surface area contributed by atoms with Gasteiger partial charge in [-0.1, -0.05) is 0 Å². The fourth-order valence-corrected chi connectivity index (χ4v) is 2.10. The van der Waals surface area contributed by atoms with Gasteiger partial charge in [-0.3, -0.25) is 9.78 Å². The third kappa shape index (κ3) is 3.21. The molecule has 20 heavy (non-hydrogen) atoms. The fraction of sp³-hybridized carbons (Fsp3) is 0.0714. The smallest absolute Gasteiger partial charge is 0.335 e. The van der Waals surface area contributed by atoms with Gasteiger partial charge < -0.3 is 10.4 Å². The number of amides is 1. The van der Waals surface area contributed by atoms with E-state index in [4.69, 9.17) is 5.11 Å². The van der Waals surface area contributed by atoms with Gasteiger partial charge in [0.1, 0.15) is 0 Å². The molecule has 1 amide bonds. The molecule has 1 heterocycles. The molecule has 0 aliphatic rings. The Morgan fingerprint density at radius 2 is 1.95 bits per heavy atom. The van der Waals surface area contributed by atoms with E-state index < -0.39 is 5.97 Å². The van der Waals surface area contributed by atoms with Gasteiger partial charge >= 0.3 is 5.97 Å². The van der Waals surface area contributed by atoms with Crippen LogP contribution in [0.2, 0.25) is 0 Å². The molecule has 0 spiro atoms. The van der Waals surface area contributed by atoms with Crippen molar-refractivity contribution in [2.45, 2.75) is 6.92 Å². The summed E-state index contributed by atoms with van der Waals surface area (Å²) < 4.78 is 0.506. The van der Waals surface area contributed by atoms with Crippen molar-refractivity contribution in [3.8, 4) is 0 Å². The lowest BCUT2D eigenvalue weighted by Gasteiger charge is -2.08. The van der Waals surface area contributed by atoms with E-state index in [1.807, 2.05) is 6.92 Å². The van der Waals surface area contributed by atoms with Gasteiger partial charge in [0.2, 0.25) is 0 Å². The molecular weight excluding hydrogens is 324 g/mol. The molecule has 2 rings (SSSR count). The van der Waals surface area contributed by atoms with E-state index in [0.29, 0.717) is 15.7 Å². The van der Waals surface area contributed by atoms with Crippen molar-refractivity contribution in [2.75, 3.05) is 5.32 Å². The van der Waals surface area contributed by atoms with Crippen LogP contribution in [0.25, 0.3) is 0 Å². The second-order valence-electron chi connectivity index (χ2n) is 4.20. The average Bonchev–Trinajstić information content (AvgIpc) is 2.40. The predicted molar refractivity (Wildman–Crippen MR) is 78.0 cm³/mol. The van der Waals surface area contributed by atoms with Crippen molar-refractivity contribution in [1.29, 1.82) is 0 Å². The number of carbonyl (C=O) groups is 2. The van der Waals surface area contributed by atoms with E-state index in [9.17, 15) is 9.59 Å². The van der Waals surface area contributed by atoms with Crippen LogP contribution in [0.15, 0.2) is 41.1 Å². The summed E-state index contributed by atoms with van der Waals surface area (Å²) >= 11 is 3.24. The Labute approximate surface area is 123 Å². The Kier molecular flexibility index (Phi) is 4.14. The standard InChI is InChI=1S/C14H11BrN2O3/c1-8-4-10(7-16-6-8)13(18)17-12-3-2-9(14(19)20)5-11(12)15/h2-7H,1H3,(H,17,18)(H,19,20). The van der Waals surface area contributed by atoms with Gasteiger partial charge in [0.25, 0.3) is 5.91 Å². The molecule has 6 heteroatoms. The Bertz CT molecular complexity index is 686. The second kappa shape index (κ2) is 5.83. The van der Waals surface area contributed by atoms with Crippen molar-refractivity contribution in [3.05, 3.63) is 57.8 Å². The molecule has 1 aromatic heterocycles. The molecule has 0 aliphatic carbocycles. The SMILES string of the molecule is Cc1cncc(C(=O)Nc2ccc(C(=O)O)cc2Br)c1. The topological polar surface area (TPSA) is 79.3 Å². The van der Waals surface area contributed by atoms with Gasteiger partial charge in [-0.05, 0) is 52.7 Å². The number of aromatic carboxylic acids is 1. The first-order valence-electron chi connectivity index (χ1n) is 5.73. The second-order valence-corrected chi connectivity index (χ2v) is 5.06. The molecule has 0 unspecified atom stereocenters. The summed E-state index contributed by atoms with van der Waals surface area (Å²) in [5, 5.41) is 11.6. The Hall–Kier alpha value is -2.21. The first-order chi connectivity index (χ1) is 9.47. The third-order valence-corrected chi connectivity index (χ3v) is 3.26. The number of rotatable bonds is 3. The number of carbonyl (C=O) groups excluding carboxylic acids is 1. The highest BCUT2D eigenvalue weighted by Gasteiger charge is 2.11. The molecule has 0 fully saturated rings. The molecule has 0 bridgehead atoms. The van der Waals surface area contributed by atoms with E-state index in [1.54, 1.807) is 12.3 Å². The Morgan fingerprint density at radius 3 is 2.55 bits per heavy atom. The molecule has 0 aliphatic heterocycles. The van der Waals surface area contributed by atoms with Gasteiger partial charge in [-0.15, -0.1) is 0 Å². The van der Waals surface area contributed by atoms with Gasteiger partial charge in [0, 0.05) is 16.9 Å². The van der Waals surface area contributed by atoms with Crippen LogP contribution in [-0.4, -0.2) is 22.0 Å². The molecule has 1 aromatic carbocycles. The van der Waals surface area contributed by atoms with Crippen LogP contribution in [0.4, 0.5) is 5.69 Å². The molecule has 5 nitrogen and oxygen atoms in total. The van der Waals surface area contributed by atoms with Gasteiger partial charge in [-0.25, -0.2) is 4.79 Å². The molecule has 102 valence electrons. The molecule has 0 saturated carbocycles. The van der Waals surface area contributed by atoms with Crippen LogP contribution in [0.3, 0.4) is 0 Å². The number of nitrogens with one attached hydrogen (secondary N) is 1. The maximum absolute atomic E-state index is 12.0. The zero-order valence-corrected chi connectivity index (χ0v) is 12.1. The lowest BCUT2D eigenvalue weighted by molar-refractivity contribution is 0.0696. The highest BCUT2D eigenvalue weighted by Crippen LogP contribution is 2.24. The first-order valence-corrected chi connectivity index (χ1v) is 6.52. The average molecular weight is 335 g/mol. The van der Waals surface area contributed by atoms with Crippen molar-refractivity contribution < 1.29 is 14.7 Å². The van der Waals surface area contributed by atoms with E-state index in [1.165, 1.54) is 24.4 Å². The number of carboxylic acids is 1. The first kappa shape index (κ1) is 14.2. The van der Waals surface area contributed by atoms with Crippen molar-refractivity contribution in [3.63, 3.8) is 0 Å². The van der Waals surface area contributed by atoms with Crippen molar-refractivity contribution in [1.82, 2.24) is 4.98 Å². The van der Waals surface area contributed by atoms with E-state index >= 15 is 0 Å². The molecule has 2 aromatic rings. The van der Waals surface area contributed by atoms with Crippen LogP contribution in [0, 0.1) is 6.92 Å². The molecule has 0 saturated heterocycles. The number of carboxylic acid groups (broad SMARTS) is 1. The fourth-order valence-electron chi connectivity index (χ4n) is 1.62. The maximum atomic E-state index is 12.0. The summed E-state index contributed by atoms with van der Waals surface area (Å²) in [4.78, 5) is 26.8. The van der Waals surface area contributed by atoms with Gasteiger partial charge in [0.05, 0.1) is 16.8 Å². The van der Waals surface area contributed by atoms with Crippen LogP contribution in [0.5, 0.6) is 0 Å². The largest absolute Gasteiger partial charge is 0.478 e. The van der Waals surface area contributed by atoms with E-state index in [2.05, 4.69) is 26.2 Å². The minimum atomic E-state index is -1.02. The number of benzene rings is 1. The van der Waals surface area contributed by atoms with E-state index in [0.717, 1.165) is 5.56 Å². The Morgan fingerprint density at radius 1 is 1.20 bits per heavy atom. The Balaban J connectivity index is 2.22. The summed E-state index contributed by atoms with van der Waals surface area (Å²) in [6.07, 6.45) is 3.14. The summed E-state index contributed by atoms with van der Waals surface area (Å²) in [6.45, 7) is 1.85. The lowest BCUT2D eigenvalue weighted by atomic mass is 10.2. The minimum Gasteiger partial charge on any atom is -0.478 e. The predicted octanol–water partition coefficient (Wildman–Crippen LogP) is 3.10. The number of aryl methyl sites for hydroxylation is 1. The summed E-state index contributed by atoms with van der Waals surface area (Å²) in [5.74, 6) is -1.32. The number of hydrogen-bond donors (Lipinski definition) is 2. The van der Waals surface area contributed by atoms with E-state index in [-0.39, 0.29) is 11.5 Å². The lowest BCUT2D eigenvalue weighted by Crippen LogP contribution is -2.13. The third-order valence-electron chi connectivity index (χ3n) is 2.60. The molecule has 2 N–H and O–H groups in total. The van der Waals surface area contributed by atoms with Crippen LogP contribution >= 0.6 is 15.9 Å². The number of nitrogens with zero attached hydrogens (tertiary/aromatic N) is 1. The van der Waals surface area contributed by atoms with Gasteiger partial charge in [-0.2, -0.15) is 0 Å². The van der Waals surface area contributed by atoms with Crippen molar-refractivity contribution in [2.24, 2.45) is 0 Å². The number of aromatic nitrogens is 1. The maximum Gasteiger partial charge on any atom is 0.335 e. The summed E-state index contributed by atoms with van der Waals surface area (Å²) in [7, 11) is 0. The monoisotopic (exact) mass is 334 g/mol.